The topological polar surface area (TPSA) is 68.9 Å². The third-order valence-corrected chi connectivity index (χ3v) is 3.29. The van der Waals surface area contributed by atoms with Crippen LogP contribution in [-0.2, 0) is 7.05 Å². The molecule has 0 unspecified atom stereocenters. The van der Waals surface area contributed by atoms with Gasteiger partial charge in [-0.05, 0) is 12.8 Å². The summed E-state index contributed by atoms with van der Waals surface area (Å²) >= 11 is 0. The van der Waals surface area contributed by atoms with E-state index in [0.717, 1.165) is 12.8 Å². The van der Waals surface area contributed by atoms with E-state index in [1.165, 1.54) is 10.7 Å². The molecule has 0 saturated heterocycles. The van der Waals surface area contributed by atoms with Crippen LogP contribution >= 0.6 is 0 Å². The SMILES string of the molecule is CNc1nn(C)c(=O)c2cc(=O)n(C3CC3)cc12. The van der Waals surface area contributed by atoms with Crippen LogP contribution in [0.1, 0.15) is 18.9 Å². The lowest BCUT2D eigenvalue weighted by molar-refractivity contribution is 0.702. The lowest BCUT2D eigenvalue weighted by Crippen LogP contribution is -2.25. The molecule has 94 valence electrons. The molecule has 2 aromatic heterocycles. The first kappa shape index (κ1) is 11.0. The summed E-state index contributed by atoms with van der Waals surface area (Å²) in [5, 5.41) is 8.22. The Hall–Kier alpha value is -2.11. The Morgan fingerprint density at radius 3 is 2.67 bits per heavy atom. The highest BCUT2D eigenvalue weighted by molar-refractivity contribution is 5.90. The van der Waals surface area contributed by atoms with Crippen LogP contribution in [-0.4, -0.2) is 21.4 Å². The average Bonchev–Trinajstić information content (AvgIpc) is 3.17. The second-order valence-electron chi connectivity index (χ2n) is 4.60. The van der Waals surface area contributed by atoms with E-state index in [0.29, 0.717) is 16.6 Å². The molecule has 2 heterocycles. The van der Waals surface area contributed by atoms with Crippen molar-refractivity contribution >= 4 is 16.6 Å². The lowest BCUT2D eigenvalue weighted by Gasteiger charge is -2.10. The Kier molecular flexibility index (Phi) is 2.26. The van der Waals surface area contributed by atoms with E-state index in [9.17, 15) is 9.59 Å². The molecule has 0 amide bonds. The van der Waals surface area contributed by atoms with Crippen LogP contribution in [0, 0.1) is 0 Å². The smallest absolute Gasteiger partial charge is 0.274 e. The van der Waals surface area contributed by atoms with E-state index in [2.05, 4.69) is 10.4 Å². The van der Waals surface area contributed by atoms with Crippen LogP contribution in [0.25, 0.3) is 10.8 Å². The van der Waals surface area contributed by atoms with Gasteiger partial charge in [-0.1, -0.05) is 0 Å². The summed E-state index contributed by atoms with van der Waals surface area (Å²) < 4.78 is 2.94. The summed E-state index contributed by atoms with van der Waals surface area (Å²) in [6.07, 6.45) is 3.80. The summed E-state index contributed by atoms with van der Waals surface area (Å²) in [5.41, 5.74) is -0.362. The fraction of sp³-hybridized carbons (Fsp3) is 0.417. The van der Waals surface area contributed by atoms with E-state index < -0.39 is 0 Å². The summed E-state index contributed by atoms with van der Waals surface area (Å²) in [7, 11) is 3.33. The van der Waals surface area contributed by atoms with Crippen LogP contribution < -0.4 is 16.4 Å². The Morgan fingerprint density at radius 2 is 2.06 bits per heavy atom. The first-order chi connectivity index (χ1) is 8.61. The normalized spacial score (nSPS) is 15.0. The number of nitrogens with zero attached hydrogens (tertiary/aromatic N) is 3. The van der Waals surface area contributed by atoms with Crippen molar-refractivity contribution in [1.29, 1.82) is 0 Å². The Labute approximate surface area is 103 Å². The largest absolute Gasteiger partial charge is 0.371 e. The van der Waals surface area contributed by atoms with E-state index in [1.807, 2.05) is 0 Å². The fourth-order valence-corrected chi connectivity index (χ4v) is 2.16. The third kappa shape index (κ3) is 1.53. The van der Waals surface area contributed by atoms with Crippen molar-refractivity contribution in [1.82, 2.24) is 14.3 Å². The van der Waals surface area contributed by atoms with Gasteiger partial charge in [-0.15, -0.1) is 0 Å². The van der Waals surface area contributed by atoms with E-state index in [-0.39, 0.29) is 17.2 Å². The van der Waals surface area contributed by atoms with Gasteiger partial charge < -0.3 is 9.88 Å². The number of fused-ring (bicyclic) bond motifs is 1. The van der Waals surface area contributed by atoms with Crippen molar-refractivity contribution in [2.75, 3.05) is 12.4 Å². The zero-order chi connectivity index (χ0) is 12.9. The first-order valence-electron chi connectivity index (χ1n) is 5.93. The summed E-state index contributed by atoms with van der Waals surface area (Å²) in [4.78, 5) is 23.9. The van der Waals surface area contributed by atoms with Gasteiger partial charge >= 0.3 is 0 Å². The van der Waals surface area contributed by atoms with Crippen LogP contribution in [0.15, 0.2) is 21.9 Å². The number of hydrogen-bond donors (Lipinski definition) is 1. The highest BCUT2D eigenvalue weighted by Crippen LogP contribution is 2.34. The van der Waals surface area contributed by atoms with Gasteiger partial charge in [0.2, 0.25) is 0 Å². The van der Waals surface area contributed by atoms with Crippen molar-refractivity contribution in [3.05, 3.63) is 33.0 Å². The molecule has 2 aromatic rings. The van der Waals surface area contributed by atoms with Crippen molar-refractivity contribution < 1.29 is 0 Å². The molecule has 1 saturated carbocycles. The second kappa shape index (κ2) is 3.69. The summed E-state index contributed by atoms with van der Waals surface area (Å²) in [5.74, 6) is 0.613. The van der Waals surface area contributed by atoms with Crippen LogP contribution in [0.5, 0.6) is 0 Å². The first-order valence-corrected chi connectivity index (χ1v) is 5.93. The monoisotopic (exact) mass is 246 g/mol. The molecule has 1 aliphatic carbocycles. The van der Waals surface area contributed by atoms with Gasteiger partial charge in [0.05, 0.1) is 5.39 Å². The Bertz CT molecular complexity index is 740. The number of hydrogen-bond acceptors (Lipinski definition) is 4. The quantitative estimate of drug-likeness (QED) is 0.836. The van der Waals surface area contributed by atoms with Gasteiger partial charge in [0.15, 0.2) is 5.82 Å². The molecular formula is C12H14N4O2. The zero-order valence-electron chi connectivity index (χ0n) is 10.3. The fourth-order valence-electron chi connectivity index (χ4n) is 2.16. The van der Waals surface area contributed by atoms with Gasteiger partial charge in [-0.25, -0.2) is 4.68 Å². The minimum atomic E-state index is -0.246. The minimum Gasteiger partial charge on any atom is -0.371 e. The number of anilines is 1. The summed E-state index contributed by atoms with van der Waals surface area (Å²) in [6, 6.07) is 1.70. The molecular weight excluding hydrogens is 232 g/mol. The Balaban J connectivity index is 2.42. The van der Waals surface area contributed by atoms with Crippen LogP contribution in [0.4, 0.5) is 5.82 Å². The maximum absolute atomic E-state index is 12.0. The molecule has 1 N–H and O–H groups in total. The highest BCUT2D eigenvalue weighted by atomic mass is 16.1. The predicted octanol–water partition coefficient (Wildman–Crippen LogP) is 0.472. The third-order valence-electron chi connectivity index (χ3n) is 3.29. The van der Waals surface area contributed by atoms with E-state index in [1.54, 1.807) is 24.9 Å². The number of nitrogens with one attached hydrogen (secondary N) is 1. The highest BCUT2D eigenvalue weighted by Gasteiger charge is 2.25. The van der Waals surface area contributed by atoms with Crippen LogP contribution in [0.2, 0.25) is 0 Å². The minimum absolute atomic E-state index is 0.115. The van der Waals surface area contributed by atoms with E-state index >= 15 is 0 Å². The molecule has 1 fully saturated rings. The number of pyridine rings is 1. The molecule has 3 rings (SSSR count). The lowest BCUT2D eigenvalue weighted by atomic mass is 10.2. The number of aromatic nitrogens is 3. The molecule has 0 aromatic carbocycles. The van der Waals surface area contributed by atoms with Crippen molar-refractivity contribution in [3.8, 4) is 0 Å². The number of rotatable bonds is 2. The van der Waals surface area contributed by atoms with Gasteiger partial charge in [-0.2, -0.15) is 5.10 Å². The van der Waals surface area contributed by atoms with Gasteiger partial charge in [0.1, 0.15) is 0 Å². The number of aryl methyl sites for hydroxylation is 1. The van der Waals surface area contributed by atoms with Gasteiger partial charge in [-0.3, -0.25) is 9.59 Å². The maximum Gasteiger partial charge on any atom is 0.274 e. The zero-order valence-corrected chi connectivity index (χ0v) is 10.3. The molecule has 1 aliphatic rings. The van der Waals surface area contributed by atoms with E-state index in [4.69, 9.17) is 0 Å². The maximum atomic E-state index is 12.0. The average molecular weight is 246 g/mol. The predicted molar refractivity (Wildman–Crippen MR) is 69.1 cm³/mol. The molecule has 0 radical (unpaired) electrons. The summed E-state index contributed by atoms with van der Waals surface area (Å²) in [6.45, 7) is 0. The molecule has 6 nitrogen and oxygen atoms in total. The van der Waals surface area contributed by atoms with Crippen molar-refractivity contribution in [2.24, 2.45) is 7.05 Å². The van der Waals surface area contributed by atoms with Gasteiger partial charge in [0.25, 0.3) is 11.1 Å². The van der Waals surface area contributed by atoms with Gasteiger partial charge in [0, 0.05) is 37.8 Å². The Morgan fingerprint density at radius 1 is 1.33 bits per heavy atom. The molecule has 0 aliphatic heterocycles. The molecule has 0 atom stereocenters. The van der Waals surface area contributed by atoms with Crippen molar-refractivity contribution in [3.63, 3.8) is 0 Å². The second-order valence-corrected chi connectivity index (χ2v) is 4.60. The molecule has 0 bridgehead atoms. The standard InChI is InChI=1S/C12H14N4O2/c1-13-11-9-6-16(7-3-4-7)10(17)5-8(9)12(18)15(2)14-11/h5-7H,3-4H2,1-2H3,(H,13,14). The molecule has 6 heteroatoms. The van der Waals surface area contributed by atoms with Crippen LogP contribution in [0.3, 0.4) is 0 Å². The molecule has 0 spiro atoms. The van der Waals surface area contributed by atoms with Crippen molar-refractivity contribution in [2.45, 2.75) is 18.9 Å². The molecule has 18 heavy (non-hydrogen) atoms.